The summed E-state index contributed by atoms with van der Waals surface area (Å²) in [6, 6.07) is 8.75. The van der Waals surface area contributed by atoms with Gasteiger partial charge in [-0.15, -0.1) is 11.3 Å². The second kappa shape index (κ2) is 6.84. The SMILES string of the molecule is CN(C)NC(=O)c1ccsc1NC(=O)c1cccc(Br)c1. The summed E-state index contributed by atoms with van der Waals surface area (Å²) in [5.41, 5.74) is 3.62. The molecule has 1 heterocycles. The van der Waals surface area contributed by atoms with E-state index in [-0.39, 0.29) is 11.8 Å². The Labute approximate surface area is 135 Å². The van der Waals surface area contributed by atoms with Crippen molar-refractivity contribution in [2.45, 2.75) is 0 Å². The van der Waals surface area contributed by atoms with E-state index in [0.29, 0.717) is 16.1 Å². The highest BCUT2D eigenvalue weighted by Crippen LogP contribution is 2.24. The molecule has 0 aliphatic carbocycles. The highest BCUT2D eigenvalue weighted by Gasteiger charge is 2.16. The lowest BCUT2D eigenvalue weighted by atomic mass is 10.2. The number of amides is 2. The van der Waals surface area contributed by atoms with Gasteiger partial charge in [-0.3, -0.25) is 15.0 Å². The fourth-order valence-corrected chi connectivity index (χ4v) is 2.83. The van der Waals surface area contributed by atoms with Gasteiger partial charge in [-0.1, -0.05) is 22.0 Å². The van der Waals surface area contributed by atoms with Crippen molar-refractivity contribution < 1.29 is 9.59 Å². The van der Waals surface area contributed by atoms with Gasteiger partial charge in [0.25, 0.3) is 11.8 Å². The zero-order valence-electron chi connectivity index (χ0n) is 11.5. The number of anilines is 1. The van der Waals surface area contributed by atoms with Crippen LogP contribution in [0.5, 0.6) is 0 Å². The monoisotopic (exact) mass is 367 g/mol. The Hall–Kier alpha value is -1.70. The average molecular weight is 368 g/mol. The normalized spacial score (nSPS) is 10.5. The summed E-state index contributed by atoms with van der Waals surface area (Å²) in [7, 11) is 3.45. The van der Waals surface area contributed by atoms with E-state index in [9.17, 15) is 9.59 Å². The molecule has 0 aliphatic heterocycles. The Bertz CT molecular complexity index is 670. The maximum absolute atomic E-state index is 12.2. The predicted octanol–water partition coefficient (Wildman–Crippen LogP) is 2.97. The molecule has 21 heavy (non-hydrogen) atoms. The lowest BCUT2D eigenvalue weighted by molar-refractivity contribution is 0.0858. The maximum Gasteiger partial charge on any atom is 0.268 e. The third-order valence-electron chi connectivity index (χ3n) is 2.55. The fraction of sp³-hybridized carbons (Fsp3) is 0.143. The van der Waals surface area contributed by atoms with Crippen molar-refractivity contribution in [3.05, 3.63) is 51.3 Å². The van der Waals surface area contributed by atoms with Crippen LogP contribution in [0.25, 0.3) is 0 Å². The van der Waals surface area contributed by atoms with Crippen LogP contribution in [-0.2, 0) is 0 Å². The smallest absolute Gasteiger partial charge is 0.268 e. The number of carbonyl (C=O) groups is 2. The number of benzene rings is 1. The Morgan fingerprint density at radius 2 is 1.95 bits per heavy atom. The van der Waals surface area contributed by atoms with Crippen molar-refractivity contribution in [2.75, 3.05) is 19.4 Å². The number of halogens is 1. The number of carbonyl (C=O) groups excluding carboxylic acids is 2. The minimum absolute atomic E-state index is 0.252. The second-order valence-corrected chi connectivity index (χ2v) is 6.30. The second-order valence-electron chi connectivity index (χ2n) is 4.46. The highest BCUT2D eigenvalue weighted by atomic mass is 79.9. The molecule has 0 bridgehead atoms. The molecule has 1 aromatic carbocycles. The summed E-state index contributed by atoms with van der Waals surface area (Å²) in [5, 5.41) is 6.62. The number of nitrogens with one attached hydrogen (secondary N) is 2. The van der Waals surface area contributed by atoms with E-state index in [1.165, 1.54) is 11.3 Å². The largest absolute Gasteiger partial charge is 0.313 e. The van der Waals surface area contributed by atoms with Crippen molar-refractivity contribution in [2.24, 2.45) is 0 Å². The van der Waals surface area contributed by atoms with Gasteiger partial charge in [0.1, 0.15) is 5.00 Å². The lowest BCUT2D eigenvalue weighted by Gasteiger charge is -2.12. The summed E-state index contributed by atoms with van der Waals surface area (Å²) in [5.74, 6) is -0.511. The van der Waals surface area contributed by atoms with Crippen LogP contribution in [0, 0.1) is 0 Å². The van der Waals surface area contributed by atoms with Crippen LogP contribution in [0.2, 0.25) is 0 Å². The Morgan fingerprint density at radius 3 is 2.62 bits per heavy atom. The number of nitrogens with zero attached hydrogens (tertiary/aromatic N) is 1. The molecule has 2 N–H and O–H groups in total. The van der Waals surface area contributed by atoms with E-state index in [2.05, 4.69) is 26.7 Å². The van der Waals surface area contributed by atoms with Crippen LogP contribution < -0.4 is 10.7 Å². The molecule has 2 amide bonds. The number of hydrogen-bond donors (Lipinski definition) is 2. The van der Waals surface area contributed by atoms with Gasteiger partial charge < -0.3 is 5.32 Å². The molecule has 110 valence electrons. The van der Waals surface area contributed by atoms with Crippen molar-refractivity contribution in [1.82, 2.24) is 10.4 Å². The van der Waals surface area contributed by atoms with Gasteiger partial charge >= 0.3 is 0 Å². The van der Waals surface area contributed by atoms with Gasteiger partial charge in [-0.2, -0.15) is 0 Å². The molecule has 5 nitrogen and oxygen atoms in total. The molecule has 0 radical (unpaired) electrons. The Kier molecular flexibility index (Phi) is 5.11. The minimum Gasteiger partial charge on any atom is -0.313 e. The van der Waals surface area contributed by atoms with Gasteiger partial charge in [-0.05, 0) is 29.6 Å². The maximum atomic E-state index is 12.2. The van der Waals surface area contributed by atoms with Crippen LogP contribution in [-0.4, -0.2) is 30.9 Å². The summed E-state index contributed by atoms with van der Waals surface area (Å²) in [6.45, 7) is 0. The zero-order chi connectivity index (χ0) is 15.4. The molecular weight excluding hydrogens is 354 g/mol. The first-order chi connectivity index (χ1) is 9.97. The molecule has 0 aliphatic rings. The average Bonchev–Trinajstić information content (AvgIpc) is 2.86. The van der Waals surface area contributed by atoms with Crippen molar-refractivity contribution in [3.8, 4) is 0 Å². The highest BCUT2D eigenvalue weighted by molar-refractivity contribution is 9.10. The van der Waals surface area contributed by atoms with Gasteiger partial charge in [-0.25, -0.2) is 5.01 Å². The summed E-state index contributed by atoms with van der Waals surface area (Å²) >= 11 is 4.64. The van der Waals surface area contributed by atoms with Crippen LogP contribution in [0.15, 0.2) is 40.2 Å². The molecule has 0 atom stereocenters. The summed E-state index contributed by atoms with van der Waals surface area (Å²) in [4.78, 5) is 24.2. The number of rotatable bonds is 4. The molecular formula is C14H14BrN3O2S. The Morgan fingerprint density at radius 1 is 1.19 bits per heavy atom. The zero-order valence-corrected chi connectivity index (χ0v) is 13.9. The van der Waals surface area contributed by atoms with Gasteiger partial charge in [0.2, 0.25) is 0 Å². The van der Waals surface area contributed by atoms with E-state index >= 15 is 0 Å². The quantitative estimate of drug-likeness (QED) is 0.816. The molecule has 0 spiro atoms. The molecule has 0 saturated carbocycles. The van der Waals surface area contributed by atoms with Crippen molar-refractivity contribution >= 4 is 44.1 Å². The van der Waals surface area contributed by atoms with Crippen molar-refractivity contribution in [3.63, 3.8) is 0 Å². The van der Waals surface area contributed by atoms with Gasteiger partial charge in [0.05, 0.1) is 5.56 Å². The summed E-state index contributed by atoms with van der Waals surface area (Å²) in [6.07, 6.45) is 0. The van der Waals surface area contributed by atoms with Crippen LogP contribution in [0.1, 0.15) is 20.7 Å². The van der Waals surface area contributed by atoms with Crippen LogP contribution in [0.3, 0.4) is 0 Å². The van der Waals surface area contributed by atoms with E-state index in [0.717, 1.165) is 4.47 Å². The van der Waals surface area contributed by atoms with E-state index < -0.39 is 0 Å². The molecule has 1 aromatic heterocycles. The van der Waals surface area contributed by atoms with Gasteiger partial charge in [0.15, 0.2) is 0 Å². The standard InChI is InChI=1S/C14H14BrN3O2S/c1-18(2)17-13(20)11-6-7-21-14(11)16-12(19)9-4-3-5-10(15)8-9/h3-8H,1-2H3,(H,16,19)(H,17,20). The molecule has 2 rings (SSSR count). The third kappa shape index (κ3) is 4.13. The van der Waals surface area contributed by atoms with E-state index in [1.807, 2.05) is 6.07 Å². The van der Waals surface area contributed by atoms with Crippen LogP contribution in [0.4, 0.5) is 5.00 Å². The lowest BCUT2D eigenvalue weighted by Crippen LogP contribution is -2.36. The molecule has 0 unspecified atom stereocenters. The first-order valence-corrected chi connectivity index (χ1v) is 7.77. The molecule has 0 saturated heterocycles. The first-order valence-electron chi connectivity index (χ1n) is 6.10. The predicted molar refractivity (Wildman–Crippen MR) is 87.6 cm³/mol. The van der Waals surface area contributed by atoms with E-state index in [4.69, 9.17) is 0 Å². The first kappa shape index (κ1) is 15.7. The third-order valence-corrected chi connectivity index (χ3v) is 3.87. The minimum atomic E-state index is -0.259. The number of hydrogen-bond acceptors (Lipinski definition) is 4. The summed E-state index contributed by atoms with van der Waals surface area (Å²) < 4.78 is 0.826. The Balaban J connectivity index is 2.15. The molecule has 0 fully saturated rings. The van der Waals surface area contributed by atoms with Crippen molar-refractivity contribution in [1.29, 1.82) is 0 Å². The van der Waals surface area contributed by atoms with Gasteiger partial charge in [0, 0.05) is 24.1 Å². The topological polar surface area (TPSA) is 61.4 Å². The fourth-order valence-electron chi connectivity index (χ4n) is 1.65. The van der Waals surface area contributed by atoms with E-state index in [1.54, 1.807) is 48.7 Å². The molecule has 2 aromatic rings. The number of hydrazine groups is 1. The van der Waals surface area contributed by atoms with Crippen LogP contribution >= 0.6 is 27.3 Å². The number of thiophene rings is 1. The molecule has 7 heteroatoms.